The van der Waals surface area contributed by atoms with E-state index in [1.807, 2.05) is 0 Å². The van der Waals surface area contributed by atoms with Gasteiger partial charge in [0, 0.05) is 5.92 Å². The first-order valence-electron chi connectivity index (χ1n) is 4.91. The molecule has 1 aromatic heterocycles. The highest BCUT2D eigenvalue weighted by atomic mass is 32.1. The molecule has 0 saturated heterocycles. The van der Waals surface area contributed by atoms with Gasteiger partial charge in [0.1, 0.15) is 5.82 Å². The number of nitrogens with zero attached hydrogens (tertiary/aromatic N) is 1. The van der Waals surface area contributed by atoms with Crippen LogP contribution in [0.1, 0.15) is 50.3 Å². The second-order valence-corrected chi connectivity index (χ2v) is 4.00. The second-order valence-electron chi connectivity index (χ2n) is 3.66. The maximum absolute atomic E-state index is 4.94. The summed E-state index contributed by atoms with van der Waals surface area (Å²) in [5.41, 5.74) is 0. The van der Waals surface area contributed by atoms with E-state index in [0.29, 0.717) is 10.8 Å². The molecular formula is C9H14N2OS. The third kappa shape index (κ3) is 2.18. The van der Waals surface area contributed by atoms with Crippen molar-refractivity contribution >= 4 is 12.2 Å². The smallest absolute Gasteiger partial charge is 0.314 e. The van der Waals surface area contributed by atoms with Gasteiger partial charge in [-0.2, -0.15) is 4.98 Å². The Hall–Kier alpha value is -0.640. The fourth-order valence-corrected chi connectivity index (χ4v) is 2.11. The average Bonchev–Trinajstić information content (AvgIpc) is 2.43. The average molecular weight is 198 g/mol. The number of hydrogen-bond donors (Lipinski definition) is 1. The van der Waals surface area contributed by atoms with Gasteiger partial charge < -0.3 is 4.52 Å². The molecule has 0 atom stereocenters. The molecule has 0 aliphatic heterocycles. The molecule has 72 valence electrons. The zero-order chi connectivity index (χ0) is 9.10. The molecule has 0 spiro atoms. The van der Waals surface area contributed by atoms with E-state index in [1.165, 1.54) is 38.5 Å². The summed E-state index contributed by atoms with van der Waals surface area (Å²) in [4.78, 5) is 4.50. The summed E-state index contributed by atoms with van der Waals surface area (Å²) < 4.78 is 4.94. The summed E-state index contributed by atoms with van der Waals surface area (Å²) in [5.74, 6) is 1.50. The van der Waals surface area contributed by atoms with Gasteiger partial charge in [0.25, 0.3) is 0 Å². The molecule has 0 bridgehead atoms. The Labute approximate surface area is 82.5 Å². The third-order valence-electron chi connectivity index (χ3n) is 2.70. The molecule has 1 N–H and O–H groups in total. The van der Waals surface area contributed by atoms with Crippen LogP contribution in [0.3, 0.4) is 0 Å². The minimum absolute atomic E-state index is 0.333. The predicted octanol–water partition coefficient (Wildman–Crippen LogP) is 3.17. The second kappa shape index (κ2) is 4.05. The standard InChI is InChI=1S/C9H14N2OS/c13-9-10-8(11-12-9)7-5-3-1-2-4-6-7/h7H,1-6H2,(H,10,11,13). The molecule has 0 aromatic carbocycles. The van der Waals surface area contributed by atoms with Crippen molar-refractivity contribution in [2.45, 2.75) is 44.4 Å². The fraction of sp³-hybridized carbons (Fsp3) is 0.778. The van der Waals surface area contributed by atoms with Gasteiger partial charge in [-0.25, -0.2) is 5.16 Å². The SMILES string of the molecule is S=c1nc(C2CCCCCC2)[nH]o1. The molecule has 0 unspecified atom stereocenters. The highest BCUT2D eigenvalue weighted by Gasteiger charge is 2.17. The van der Waals surface area contributed by atoms with E-state index in [2.05, 4.69) is 10.1 Å². The number of rotatable bonds is 1. The fourth-order valence-electron chi connectivity index (χ4n) is 1.97. The maximum Gasteiger partial charge on any atom is 0.314 e. The van der Waals surface area contributed by atoms with Crippen LogP contribution >= 0.6 is 12.2 Å². The van der Waals surface area contributed by atoms with Gasteiger partial charge in [-0.3, -0.25) is 0 Å². The first-order valence-corrected chi connectivity index (χ1v) is 5.32. The molecule has 1 aliphatic carbocycles. The molecule has 1 aliphatic rings. The van der Waals surface area contributed by atoms with Crippen LogP contribution < -0.4 is 0 Å². The summed E-state index contributed by atoms with van der Waals surface area (Å²) >= 11 is 4.83. The zero-order valence-electron chi connectivity index (χ0n) is 7.58. The van der Waals surface area contributed by atoms with Gasteiger partial charge >= 0.3 is 4.84 Å². The van der Waals surface area contributed by atoms with E-state index in [0.717, 1.165) is 5.82 Å². The molecule has 1 aromatic rings. The molecule has 1 saturated carbocycles. The topological polar surface area (TPSA) is 41.8 Å². The summed E-state index contributed by atoms with van der Waals surface area (Å²) in [7, 11) is 0. The first-order chi connectivity index (χ1) is 6.36. The first kappa shape index (κ1) is 8.94. The van der Waals surface area contributed by atoms with Crippen LogP contribution in [0, 0.1) is 4.84 Å². The lowest BCUT2D eigenvalue weighted by atomic mass is 10.00. The number of H-pyrrole nitrogens is 1. The van der Waals surface area contributed by atoms with Crippen LogP contribution in [0.25, 0.3) is 0 Å². The highest BCUT2D eigenvalue weighted by Crippen LogP contribution is 2.29. The van der Waals surface area contributed by atoms with Gasteiger partial charge in [-0.15, -0.1) is 0 Å². The predicted molar refractivity (Wildman–Crippen MR) is 52.1 cm³/mol. The Morgan fingerprint density at radius 3 is 2.46 bits per heavy atom. The van der Waals surface area contributed by atoms with E-state index in [4.69, 9.17) is 16.7 Å². The molecule has 4 heteroatoms. The molecule has 1 fully saturated rings. The molecule has 0 amide bonds. The van der Waals surface area contributed by atoms with Crippen molar-refractivity contribution in [1.82, 2.24) is 10.1 Å². The van der Waals surface area contributed by atoms with E-state index < -0.39 is 0 Å². The van der Waals surface area contributed by atoms with Crippen LogP contribution in [0.4, 0.5) is 0 Å². The van der Waals surface area contributed by atoms with Crippen molar-refractivity contribution in [2.24, 2.45) is 0 Å². The van der Waals surface area contributed by atoms with E-state index in [1.54, 1.807) is 0 Å². The van der Waals surface area contributed by atoms with E-state index in [-0.39, 0.29) is 0 Å². The maximum atomic E-state index is 4.94. The van der Waals surface area contributed by atoms with E-state index in [9.17, 15) is 0 Å². The molecule has 0 radical (unpaired) electrons. The molecular weight excluding hydrogens is 184 g/mol. The van der Waals surface area contributed by atoms with Crippen molar-refractivity contribution in [2.75, 3.05) is 0 Å². The largest absolute Gasteiger partial charge is 0.348 e. The van der Waals surface area contributed by atoms with Crippen molar-refractivity contribution in [3.05, 3.63) is 10.7 Å². The van der Waals surface area contributed by atoms with Crippen LogP contribution in [-0.4, -0.2) is 10.1 Å². The summed E-state index contributed by atoms with van der Waals surface area (Å²) in [5, 5.41) is 2.81. The summed E-state index contributed by atoms with van der Waals surface area (Å²) in [6.45, 7) is 0. The van der Waals surface area contributed by atoms with E-state index >= 15 is 0 Å². The minimum Gasteiger partial charge on any atom is -0.348 e. The Morgan fingerprint density at radius 1 is 1.23 bits per heavy atom. The van der Waals surface area contributed by atoms with Gasteiger partial charge in [0.05, 0.1) is 0 Å². The lowest BCUT2D eigenvalue weighted by Crippen LogP contribution is -1.99. The van der Waals surface area contributed by atoms with Crippen LogP contribution in [-0.2, 0) is 0 Å². The summed E-state index contributed by atoms with van der Waals surface area (Å²) in [6, 6.07) is 0. The quantitative estimate of drug-likeness (QED) is 0.556. The Bertz CT molecular complexity index is 309. The van der Waals surface area contributed by atoms with Gasteiger partial charge in [0.2, 0.25) is 0 Å². The number of aromatic nitrogens is 2. The molecule has 3 nitrogen and oxygen atoms in total. The van der Waals surface area contributed by atoms with Gasteiger partial charge in [-0.05, 0) is 25.1 Å². The summed E-state index contributed by atoms with van der Waals surface area (Å²) in [6.07, 6.45) is 7.76. The van der Waals surface area contributed by atoms with Crippen LogP contribution in [0.2, 0.25) is 0 Å². The van der Waals surface area contributed by atoms with Crippen molar-refractivity contribution < 1.29 is 4.52 Å². The monoisotopic (exact) mass is 198 g/mol. The number of hydrogen-bond acceptors (Lipinski definition) is 3. The van der Waals surface area contributed by atoms with Crippen LogP contribution in [0.5, 0.6) is 0 Å². The van der Waals surface area contributed by atoms with Crippen molar-refractivity contribution in [3.63, 3.8) is 0 Å². The van der Waals surface area contributed by atoms with Crippen molar-refractivity contribution in [1.29, 1.82) is 0 Å². The third-order valence-corrected chi connectivity index (χ3v) is 2.87. The Balaban J connectivity index is 2.10. The Morgan fingerprint density at radius 2 is 1.92 bits per heavy atom. The molecule has 2 rings (SSSR count). The minimum atomic E-state index is 0.333. The number of aromatic amines is 1. The lowest BCUT2D eigenvalue weighted by molar-refractivity contribution is 0.389. The van der Waals surface area contributed by atoms with Gasteiger partial charge in [0.15, 0.2) is 0 Å². The number of nitrogens with one attached hydrogen (secondary N) is 1. The van der Waals surface area contributed by atoms with Crippen molar-refractivity contribution in [3.8, 4) is 0 Å². The molecule has 13 heavy (non-hydrogen) atoms. The zero-order valence-corrected chi connectivity index (χ0v) is 8.40. The lowest BCUT2D eigenvalue weighted by Gasteiger charge is -2.08. The van der Waals surface area contributed by atoms with Gasteiger partial charge in [-0.1, -0.05) is 25.7 Å². The normalized spacial score (nSPS) is 20.0. The van der Waals surface area contributed by atoms with Crippen LogP contribution in [0.15, 0.2) is 4.52 Å². The molecule has 1 heterocycles. The Kier molecular flexibility index (Phi) is 2.78. The highest BCUT2D eigenvalue weighted by molar-refractivity contribution is 7.71.